The Kier molecular flexibility index (Phi) is 1.85. The van der Waals surface area contributed by atoms with Crippen LogP contribution in [0.1, 0.15) is 0 Å². The van der Waals surface area contributed by atoms with Crippen molar-refractivity contribution in [2.45, 2.75) is 0 Å². The van der Waals surface area contributed by atoms with E-state index in [4.69, 9.17) is 9.57 Å². The van der Waals surface area contributed by atoms with Gasteiger partial charge in [0.25, 0.3) is 0 Å². The van der Waals surface area contributed by atoms with Gasteiger partial charge in [-0.1, -0.05) is 0 Å². The van der Waals surface area contributed by atoms with Crippen LogP contribution in [0.3, 0.4) is 0 Å². The number of nitrogens with zero attached hydrogens (tertiary/aromatic N) is 1. The van der Waals surface area contributed by atoms with E-state index in [9.17, 15) is 0 Å². The maximum atomic E-state index is 5.12. The average Bonchev–Trinajstić information content (AvgIpc) is 2.59. The van der Waals surface area contributed by atoms with Gasteiger partial charge < -0.3 is 9.57 Å². The average molecular weight is 177 g/mol. The van der Waals surface area contributed by atoms with Gasteiger partial charge in [0.15, 0.2) is 0 Å². The standard InChI is InChI=1S/C10H11NO2/c1-12-9-3-4-10-8(7-9)5-6-11(10)13-2/h3-7H,1-2H3. The normalized spacial score (nSPS) is 10.3. The van der Waals surface area contributed by atoms with Gasteiger partial charge in [-0.2, -0.15) is 4.73 Å². The molecule has 3 heteroatoms. The van der Waals surface area contributed by atoms with Crippen LogP contribution in [0.5, 0.6) is 5.75 Å². The zero-order valence-corrected chi connectivity index (χ0v) is 7.65. The molecule has 1 heterocycles. The van der Waals surface area contributed by atoms with E-state index >= 15 is 0 Å². The maximum Gasteiger partial charge on any atom is 0.119 e. The van der Waals surface area contributed by atoms with Crippen LogP contribution in [0.25, 0.3) is 10.9 Å². The van der Waals surface area contributed by atoms with Crippen molar-refractivity contribution in [2.24, 2.45) is 0 Å². The van der Waals surface area contributed by atoms with E-state index in [0.717, 1.165) is 16.7 Å². The van der Waals surface area contributed by atoms with Gasteiger partial charge in [-0.3, -0.25) is 0 Å². The fraction of sp³-hybridized carbons (Fsp3) is 0.200. The smallest absolute Gasteiger partial charge is 0.119 e. The Morgan fingerprint density at radius 2 is 2.00 bits per heavy atom. The first-order chi connectivity index (χ1) is 6.35. The van der Waals surface area contributed by atoms with Crippen LogP contribution >= 0.6 is 0 Å². The number of rotatable bonds is 2. The van der Waals surface area contributed by atoms with Crippen molar-refractivity contribution in [3.05, 3.63) is 30.5 Å². The molecule has 1 aromatic heterocycles. The molecule has 68 valence electrons. The molecule has 3 nitrogen and oxygen atoms in total. The third kappa shape index (κ3) is 1.22. The highest BCUT2D eigenvalue weighted by atomic mass is 16.6. The summed E-state index contributed by atoms with van der Waals surface area (Å²) in [4.78, 5) is 5.12. The molecule has 0 N–H and O–H groups in total. The zero-order valence-electron chi connectivity index (χ0n) is 7.65. The largest absolute Gasteiger partial charge is 0.497 e. The molecular weight excluding hydrogens is 166 g/mol. The van der Waals surface area contributed by atoms with Gasteiger partial charge in [-0.05, 0) is 24.3 Å². The highest BCUT2D eigenvalue weighted by Crippen LogP contribution is 2.20. The van der Waals surface area contributed by atoms with E-state index in [1.807, 2.05) is 30.5 Å². The first-order valence-electron chi connectivity index (χ1n) is 4.05. The van der Waals surface area contributed by atoms with Gasteiger partial charge in [0, 0.05) is 11.6 Å². The van der Waals surface area contributed by atoms with Crippen molar-refractivity contribution in [2.75, 3.05) is 14.2 Å². The monoisotopic (exact) mass is 177 g/mol. The van der Waals surface area contributed by atoms with Gasteiger partial charge in [0.2, 0.25) is 0 Å². The van der Waals surface area contributed by atoms with Crippen LogP contribution in [0, 0.1) is 0 Å². The molecule has 2 rings (SSSR count). The Hall–Kier alpha value is -1.64. The minimum Gasteiger partial charge on any atom is -0.497 e. The number of aromatic nitrogens is 1. The molecule has 0 aliphatic heterocycles. The Bertz CT molecular complexity index is 420. The lowest BCUT2D eigenvalue weighted by Crippen LogP contribution is -2.02. The van der Waals surface area contributed by atoms with Gasteiger partial charge >= 0.3 is 0 Å². The number of hydrogen-bond acceptors (Lipinski definition) is 2. The van der Waals surface area contributed by atoms with Crippen molar-refractivity contribution >= 4 is 10.9 Å². The van der Waals surface area contributed by atoms with Crippen LogP contribution in [0.15, 0.2) is 30.5 Å². The summed E-state index contributed by atoms with van der Waals surface area (Å²) < 4.78 is 6.83. The first-order valence-corrected chi connectivity index (χ1v) is 4.05. The Labute approximate surface area is 76.4 Å². The summed E-state index contributed by atoms with van der Waals surface area (Å²) in [6.45, 7) is 0. The van der Waals surface area contributed by atoms with Crippen LogP contribution < -0.4 is 9.57 Å². The second-order valence-electron chi connectivity index (χ2n) is 2.75. The summed E-state index contributed by atoms with van der Waals surface area (Å²) in [6, 6.07) is 7.85. The van der Waals surface area contributed by atoms with Crippen molar-refractivity contribution in [3.8, 4) is 5.75 Å². The van der Waals surface area contributed by atoms with Gasteiger partial charge in [0.1, 0.15) is 12.9 Å². The zero-order chi connectivity index (χ0) is 9.26. The molecular formula is C10H11NO2. The molecule has 0 saturated heterocycles. The number of methoxy groups -OCH3 is 1. The highest BCUT2D eigenvalue weighted by Gasteiger charge is 2.01. The molecule has 0 aliphatic rings. The number of ether oxygens (including phenoxy) is 1. The Morgan fingerprint density at radius 3 is 2.69 bits per heavy atom. The van der Waals surface area contributed by atoms with Gasteiger partial charge in [-0.25, -0.2) is 0 Å². The van der Waals surface area contributed by atoms with E-state index in [1.165, 1.54) is 0 Å². The molecule has 0 saturated carbocycles. The summed E-state index contributed by atoms with van der Waals surface area (Å²) in [5.41, 5.74) is 1.04. The van der Waals surface area contributed by atoms with E-state index < -0.39 is 0 Å². The van der Waals surface area contributed by atoms with E-state index in [2.05, 4.69) is 0 Å². The summed E-state index contributed by atoms with van der Waals surface area (Å²) >= 11 is 0. The van der Waals surface area contributed by atoms with E-state index in [0.29, 0.717) is 0 Å². The number of hydrogen-bond donors (Lipinski definition) is 0. The fourth-order valence-corrected chi connectivity index (χ4v) is 1.38. The van der Waals surface area contributed by atoms with Crippen LogP contribution in [-0.2, 0) is 0 Å². The molecule has 0 bridgehead atoms. The van der Waals surface area contributed by atoms with Gasteiger partial charge in [-0.15, -0.1) is 0 Å². The van der Waals surface area contributed by atoms with Crippen molar-refractivity contribution in [1.82, 2.24) is 4.73 Å². The van der Waals surface area contributed by atoms with E-state index in [-0.39, 0.29) is 0 Å². The van der Waals surface area contributed by atoms with Crippen LogP contribution in [0.2, 0.25) is 0 Å². The molecule has 0 atom stereocenters. The summed E-state index contributed by atoms with van der Waals surface area (Å²) in [5.74, 6) is 0.862. The second kappa shape index (κ2) is 3.01. The number of benzene rings is 1. The lowest BCUT2D eigenvalue weighted by Gasteiger charge is -2.02. The molecule has 2 aromatic rings. The minimum atomic E-state index is 0.862. The lowest BCUT2D eigenvalue weighted by molar-refractivity contribution is 0.179. The second-order valence-corrected chi connectivity index (χ2v) is 2.75. The van der Waals surface area contributed by atoms with Crippen molar-refractivity contribution in [3.63, 3.8) is 0 Å². The molecule has 0 fully saturated rings. The van der Waals surface area contributed by atoms with Gasteiger partial charge in [0.05, 0.1) is 12.6 Å². The third-order valence-electron chi connectivity index (χ3n) is 2.06. The Balaban J connectivity index is 2.61. The highest BCUT2D eigenvalue weighted by molar-refractivity contribution is 5.81. The predicted molar refractivity (Wildman–Crippen MR) is 51.0 cm³/mol. The lowest BCUT2D eigenvalue weighted by atomic mass is 10.2. The molecule has 0 amide bonds. The third-order valence-corrected chi connectivity index (χ3v) is 2.06. The molecule has 0 radical (unpaired) electrons. The van der Waals surface area contributed by atoms with Crippen molar-refractivity contribution < 1.29 is 9.57 Å². The molecule has 1 aromatic carbocycles. The minimum absolute atomic E-state index is 0.862. The van der Waals surface area contributed by atoms with Crippen LogP contribution in [-0.4, -0.2) is 19.0 Å². The molecule has 13 heavy (non-hydrogen) atoms. The maximum absolute atomic E-state index is 5.12. The SMILES string of the molecule is COc1ccc2c(ccn2OC)c1. The van der Waals surface area contributed by atoms with Crippen molar-refractivity contribution in [1.29, 1.82) is 0 Å². The van der Waals surface area contributed by atoms with E-state index in [1.54, 1.807) is 19.0 Å². The van der Waals surface area contributed by atoms with Crippen LogP contribution in [0.4, 0.5) is 0 Å². The molecule has 0 spiro atoms. The quantitative estimate of drug-likeness (QED) is 0.697. The summed E-state index contributed by atoms with van der Waals surface area (Å²) in [5, 5.41) is 1.11. The predicted octanol–water partition coefficient (Wildman–Crippen LogP) is 1.71. The fourth-order valence-electron chi connectivity index (χ4n) is 1.38. The molecule has 0 unspecified atom stereocenters. The summed E-state index contributed by atoms with van der Waals surface area (Å²) in [6.07, 6.45) is 1.88. The topological polar surface area (TPSA) is 23.4 Å². The Morgan fingerprint density at radius 1 is 1.15 bits per heavy atom. The molecule has 0 aliphatic carbocycles. The number of fused-ring (bicyclic) bond motifs is 1. The first kappa shape index (κ1) is 7.98. The summed E-state index contributed by atoms with van der Waals surface area (Å²) in [7, 11) is 3.30.